The van der Waals surface area contributed by atoms with Crippen LogP contribution in [0.3, 0.4) is 0 Å². The van der Waals surface area contributed by atoms with E-state index in [9.17, 15) is 4.79 Å². The maximum absolute atomic E-state index is 11.0. The molecule has 1 aromatic rings. The van der Waals surface area contributed by atoms with Gasteiger partial charge in [-0.3, -0.25) is 4.79 Å². The molecule has 0 bridgehead atoms. The van der Waals surface area contributed by atoms with Gasteiger partial charge in [0.1, 0.15) is 17.2 Å². The van der Waals surface area contributed by atoms with Crippen LogP contribution < -0.4 is 4.74 Å². The molecule has 0 radical (unpaired) electrons. The monoisotopic (exact) mass is 331 g/mol. The molecule has 20 heavy (non-hydrogen) atoms. The summed E-state index contributed by atoms with van der Waals surface area (Å²) in [4.78, 5) is 15.6. The average Bonchev–Trinajstić information content (AvgIpc) is 2.56. The number of aliphatic imine (C=N–C) groups is 1. The van der Waals surface area contributed by atoms with Gasteiger partial charge in [-0.15, -0.1) is 0 Å². The second-order valence-electron chi connectivity index (χ2n) is 4.22. The number of carbonyl (C=O) groups is 1. The molecule has 1 aromatic carbocycles. The van der Waals surface area contributed by atoms with Gasteiger partial charge < -0.3 is 9.47 Å². The van der Waals surface area contributed by atoms with Gasteiger partial charge in [0.25, 0.3) is 0 Å². The van der Waals surface area contributed by atoms with Crippen molar-refractivity contribution in [3.05, 3.63) is 58.5 Å². The van der Waals surface area contributed by atoms with Crippen LogP contribution in [0.15, 0.2) is 63.5 Å². The van der Waals surface area contributed by atoms with Crippen LogP contribution in [-0.2, 0) is 9.53 Å². The fourth-order valence-corrected chi connectivity index (χ4v) is 2.40. The molecule has 0 atom stereocenters. The zero-order chi connectivity index (χ0) is 14.1. The fraction of sp³-hybridized carbons (Fsp3) is 0.0667. The lowest BCUT2D eigenvalue weighted by atomic mass is 10.2. The summed E-state index contributed by atoms with van der Waals surface area (Å²) in [7, 11) is 0. The third kappa shape index (κ3) is 2.44. The third-order valence-corrected chi connectivity index (χ3v) is 3.29. The average molecular weight is 332 g/mol. The molecule has 0 amide bonds. The van der Waals surface area contributed by atoms with Crippen LogP contribution in [-0.4, -0.2) is 11.7 Å². The van der Waals surface area contributed by atoms with Crippen LogP contribution in [0.25, 0.3) is 0 Å². The first-order valence-corrected chi connectivity index (χ1v) is 6.77. The first kappa shape index (κ1) is 12.9. The zero-order valence-electron chi connectivity index (χ0n) is 10.6. The molecule has 1 aliphatic carbocycles. The number of carbonyl (C=O) groups excluding carboxylic acids is 1. The van der Waals surface area contributed by atoms with Gasteiger partial charge in [0.05, 0.1) is 4.48 Å². The van der Waals surface area contributed by atoms with Crippen molar-refractivity contribution < 1.29 is 14.3 Å². The maximum atomic E-state index is 11.0. The highest BCUT2D eigenvalue weighted by Crippen LogP contribution is 2.36. The molecule has 5 heteroatoms. The van der Waals surface area contributed by atoms with Crippen LogP contribution in [0.5, 0.6) is 5.75 Å². The summed E-state index contributed by atoms with van der Waals surface area (Å²) in [5.74, 6) is 1.35. The minimum absolute atomic E-state index is 0.373. The van der Waals surface area contributed by atoms with Gasteiger partial charge in [0.15, 0.2) is 11.5 Å². The summed E-state index contributed by atoms with van der Waals surface area (Å²) in [6, 6.07) is 7.53. The number of hydrogen-bond donors (Lipinski definition) is 0. The van der Waals surface area contributed by atoms with Crippen molar-refractivity contribution in [3.8, 4) is 5.75 Å². The first-order valence-electron chi connectivity index (χ1n) is 5.97. The summed E-state index contributed by atoms with van der Waals surface area (Å²) in [5.41, 5.74) is 1.45. The van der Waals surface area contributed by atoms with Crippen LogP contribution >= 0.6 is 15.9 Å². The molecule has 0 saturated carbocycles. The Bertz CT molecular complexity index is 714. The highest BCUT2D eigenvalue weighted by atomic mass is 79.9. The number of para-hydroxylation sites is 2. The van der Waals surface area contributed by atoms with Crippen LogP contribution in [0, 0.1) is 0 Å². The molecule has 0 spiro atoms. The molecule has 1 aliphatic heterocycles. The predicted octanol–water partition coefficient (Wildman–Crippen LogP) is 3.77. The summed E-state index contributed by atoms with van der Waals surface area (Å²) in [6.45, 7) is 1.36. The second kappa shape index (κ2) is 5.09. The summed E-state index contributed by atoms with van der Waals surface area (Å²) in [6.07, 6.45) is 5.13. The third-order valence-electron chi connectivity index (χ3n) is 2.70. The Balaban J connectivity index is 2.06. The summed E-state index contributed by atoms with van der Waals surface area (Å²) >= 11 is 3.43. The van der Waals surface area contributed by atoms with Gasteiger partial charge in [-0.1, -0.05) is 12.1 Å². The Kier molecular flexibility index (Phi) is 3.28. The van der Waals surface area contributed by atoms with Gasteiger partial charge >= 0.3 is 5.97 Å². The van der Waals surface area contributed by atoms with E-state index in [0.29, 0.717) is 27.5 Å². The van der Waals surface area contributed by atoms with Crippen molar-refractivity contribution in [3.63, 3.8) is 0 Å². The maximum Gasteiger partial charge on any atom is 0.308 e. The molecule has 1 heterocycles. The van der Waals surface area contributed by atoms with Crippen molar-refractivity contribution in [2.45, 2.75) is 6.92 Å². The molecule has 3 rings (SSSR count). The van der Waals surface area contributed by atoms with Crippen molar-refractivity contribution in [1.82, 2.24) is 0 Å². The van der Waals surface area contributed by atoms with E-state index >= 15 is 0 Å². The molecular formula is C15H10BrNO3. The Morgan fingerprint density at radius 2 is 2.10 bits per heavy atom. The summed E-state index contributed by atoms with van der Waals surface area (Å²) in [5, 5.41) is 0. The number of allylic oxidation sites excluding steroid dienone is 4. The van der Waals surface area contributed by atoms with Gasteiger partial charge in [0.2, 0.25) is 0 Å². The van der Waals surface area contributed by atoms with Crippen molar-refractivity contribution in [1.29, 1.82) is 0 Å². The zero-order valence-corrected chi connectivity index (χ0v) is 12.2. The smallest absolute Gasteiger partial charge is 0.308 e. The lowest BCUT2D eigenvalue weighted by Gasteiger charge is -2.17. The first-order chi connectivity index (χ1) is 9.63. The number of hydrogen-bond acceptors (Lipinski definition) is 4. The van der Waals surface area contributed by atoms with Crippen LogP contribution in [0.2, 0.25) is 0 Å². The van der Waals surface area contributed by atoms with E-state index in [4.69, 9.17) is 9.47 Å². The van der Waals surface area contributed by atoms with Crippen molar-refractivity contribution >= 4 is 33.3 Å². The molecule has 0 aromatic heterocycles. The number of nitrogens with zero attached hydrogens (tertiary/aromatic N) is 1. The van der Waals surface area contributed by atoms with Gasteiger partial charge in [0, 0.05) is 6.92 Å². The normalized spacial score (nSPS) is 16.3. The molecule has 100 valence electrons. The lowest BCUT2D eigenvalue weighted by Crippen LogP contribution is -2.11. The van der Waals surface area contributed by atoms with E-state index in [0.717, 1.165) is 5.69 Å². The summed E-state index contributed by atoms with van der Waals surface area (Å²) < 4.78 is 11.6. The molecule has 4 nitrogen and oxygen atoms in total. The van der Waals surface area contributed by atoms with Crippen LogP contribution in [0.1, 0.15) is 6.92 Å². The molecule has 0 saturated heterocycles. The number of rotatable bonds is 1. The Labute approximate surface area is 124 Å². The minimum atomic E-state index is -0.373. The molecular weight excluding hydrogens is 322 g/mol. The number of ether oxygens (including phenoxy) is 2. The van der Waals surface area contributed by atoms with E-state index in [2.05, 4.69) is 20.9 Å². The van der Waals surface area contributed by atoms with E-state index in [1.807, 2.05) is 24.3 Å². The Morgan fingerprint density at radius 1 is 1.30 bits per heavy atom. The highest BCUT2D eigenvalue weighted by molar-refractivity contribution is 9.11. The Hall–Kier alpha value is -2.14. The quantitative estimate of drug-likeness (QED) is 0.736. The van der Waals surface area contributed by atoms with E-state index < -0.39 is 0 Å². The number of halogens is 1. The lowest BCUT2D eigenvalue weighted by molar-refractivity contribution is -0.136. The molecule has 0 N–H and O–H groups in total. The fourth-order valence-electron chi connectivity index (χ4n) is 1.89. The van der Waals surface area contributed by atoms with Gasteiger partial charge in [-0.25, -0.2) is 4.99 Å². The van der Waals surface area contributed by atoms with Crippen molar-refractivity contribution in [2.75, 3.05) is 0 Å². The number of fused-ring (bicyclic) bond motifs is 2. The minimum Gasteiger partial charge on any atom is -0.452 e. The second-order valence-corrected chi connectivity index (χ2v) is 5.07. The van der Waals surface area contributed by atoms with E-state index in [1.165, 1.54) is 6.92 Å². The van der Waals surface area contributed by atoms with Gasteiger partial charge in [-0.2, -0.15) is 0 Å². The van der Waals surface area contributed by atoms with E-state index in [-0.39, 0.29) is 5.97 Å². The Morgan fingerprint density at radius 3 is 2.90 bits per heavy atom. The highest BCUT2D eigenvalue weighted by Gasteiger charge is 2.21. The number of benzene rings is 1. The predicted molar refractivity (Wildman–Crippen MR) is 79.1 cm³/mol. The number of esters is 1. The molecule has 0 unspecified atom stereocenters. The standard InChI is InChI=1S/C15H10BrNO3/c1-9(18)19-10-6-7-13-15(11(16)8-10)20-14-5-3-2-4-12(14)17-13/h2-8H,1H3. The van der Waals surface area contributed by atoms with Crippen LogP contribution in [0.4, 0.5) is 5.69 Å². The van der Waals surface area contributed by atoms with Crippen molar-refractivity contribution in [2.24, 2.45) is 4.99 Å². The van der Waals surface area contributed by atoms with E-state index in [1.54, 1.807) is 18.2 Å². The largest absolute Gasteiger partial charge is 0.452 e. The van der Waals surface area contributed by atoms with Gasteiger partial charge in [-0.05, 0) is 46.3 Å². The SMILES string of the molecule is CC(=O)OC1=CC(Br)=C2Oc3ccccc3N=C2C=C1. The molecule has 0 fully saturated rings. The molecule has 2 aliphatic rings. The topological polar surface area (TPSA) is 47.9 Å².